The SMILES string of the molecule is O=S(=O)(c1ccc(NN(O)C2=NCCS2)c(C(F)(F)F)c1)C(F)(F)F. The maximum Gasteiger partial charge on any atom is 0.501 e. The largest absolute Gasteiger partial charge is 0.501 e. The minimum absolute atomic E-state index is 0.0416. The molecule has 140 valence electrons. The first-order chi connectivity index (χ1) is 11.3. The van der Waals surface area contributed by atoms with Crippen LogP contribution in [0.15, 0.2) is 28.1 Å². The van der Waals surface area contributed by atoms with E-state index in [2.05, 4.69) is 4.99 Å². The van der Waals surface area contributed by atoms with Crippen LogP contribution in [0.25, 0.3) is 0 Å². The summed E-state index contributed by atoms with van der Waals surface area (Å²) in [6.07, 6.45) is -5.18. The lowest BCUT2D eigenvalue weighted by Gasteiger charge is -2.21. The highest BCUT2D eigenvalue weighted by molar-refractivity contribution is 8.14. The van der Waals surface area contributed by atoms with Gasteiger partial charge in [-0.15, -0.1) is 5.17 Å². The van der Waals surface area contributed by atoms with E-state index in [4.69, 9.17) is 0 Å². The van der Waals surface area contributed by atoms with Gasteiger partial charge in [-0.1, -0.05) is 11.8 Å². The average molecular weight is 409 g/mol. The van der Waals surface area contributed by atoms with Gasteiger partial charge in [-0.25, -0.2) is 8.42 Å². The molecule has 0 atom stereocenters. The molecule has 6 nitrogen and oxygen atoms in total. The molecule has 1 aliphatic heterocycles. The molecule has 25 heavy (non-hydrogen) atoms. The number of nitrogens with zero attached hydrogens (tertiary/aromatic N) is 2. The van der Waals surface area contributed by atoms with Crippen molar-refractivity contribution in [1.29, 1.82) is 0 Å². The van der Waals surface area contributed by atoms with Crippen LogP contribution in [-0.4, -0.2) is 41.8 Å². The molecule has 0 saturated carbocycles. The van der Waals surface area contributed by atoms with Crippen molar-refractivity contribution >= 4 is 32.5 Å². The van der Waals surface area contributed by atoms with Crippen LogP contribution in [0.2, 0.25) is 0 Å². The van der Waals surface area contributed by atoms with Gasteiger partial charge in [-0.05, 0) is 18.2 Å². The number of hydrogen-bond acceptors (Lipinski definition) is 7. The highest BCUT2D eigenvalue weighted by Crippen LogP contribution is 2.39. The molecule has 0 aliphatic carbocycles. The van der Waals surface area contributed by atoms with E-state index in [9.17, 15) is 40.0 Å². The quantitative estimate of drug-likeness (QED) is 0.590. The lowest BCUT2D eigenvalue weighted by atomic mass is 10.2. The van der Waals surface area contributed by atoms with Crippen LogP contribution in [0, 0.1) is 0 Å². The summed E-state index contributed by atoms with van der Waals surface area (Å²) in [5.41, 5.74) is -6.36. The first-order valence-corrected chi connectivity index (χ1v) is 8.76. The van der Waals surface area contributed by atoms with Gasteiger partial charge in [0.05, 0.1) is 22.7 Å². The molecular formula is C11H9F6N3O3S2. The Labute approximate surface area is 141 Å². The number of hydroxylamine groups is 1. The maximum atomic E-state index is 13.1. The first-order valence-electron chi connectivity index (χ1n) is 6.29. The number of alkyl halides is 6. The number of nitrogens with one attached hydrogen (secondary N) is 1. The van der Waals surface area contributed by atoms with Gasteiger partial charge in [-0.3, -0.25) is 15.6 Å². The second kappa shape index (κ2) is 6.57. The minimum atomic E-state index is -5.95. The molecule has 1 aliphatic rings. The fraction of sp³-hybridized carbons (Fsp3) is 0.364. The first kappa shape index (κ1) is 19.7. The predicted octanol–water partition coefficient (Wildman–Crippen LogP) is 3.12. The topological polar surface area (TPSA) is 82.0 Å². The zero-order valence-electron chi connectivity index (χ0n) is 11.9. The van der Waals surface area contributed by atoms with Crippen molar-refractivity contribution in [3.05, 3.63) is 23.8 Å². The molecule has 0 unspecified atom stereocenters. The molecule has 0 spiro atoms. The summed E-state index contributed by atoms with van der Waals surface area (Å²) in [5.74, 6) is 0.489. The minimum Gasteiger partial charge on any atom is -0.272 e. The van der Waals surface area contributed by atoms with E-state index in [0.717, 1.165) is 11.8 Å². The van der Waals surface area contributed by atoms with Gasteiger partial charge in [0.25, 0.3) is 9.84 Å². The zero-order valence-corrected chi connectivity index (χ0v) is 13.5. The number of aliphatic imine (C=N–C) groups is 1. The molecule has 0 aromatic heterocycles. The van der Waals surface area contributed by atoms with E-state index in [0.29, 0.717) is 24.4 Å². The summed E-state index contributed by atoms with van der Waals surface area (Å²) in [7, 11) is -5.95. The Bertz CT molecular complexity index is 791. The van der Waals surface area contributed by atoms with Crippen molar-refractivity contribution in [2.75, 3.05) is 17.7 Å². The van der Waals surface area contributed by atoms with Gasteiger partial charge < -0.3 is 0 Å². The Morgan fingerprint density at radius 1 is 1.20 bits per heavy atom. The van der Waals surface area contributed by atoms with E-state index in [-0.39, 0.29) is 16.4 Å². The predicted molar refractivity (Wildman–Crippen MR) is 76.7 cm³/mol. The van der Waals surface area contributed by atoms with Crippen LogP contribution < -0.4 is 5.43 Å². The fourth-order valence-corrected chi connectivity index (χ4v) is 3.27. The molecule has 0 saturated heterocycles. The molecule has 14 heteroatoms. The van der Waals surface area contributed by atoms with Crippen molar-refractivity contribution in [1.82, 2.24) is 5.17 Å². The third-order valence-corrected chi connectivity index (χ3v) is 5.32. The van der Waals surface area contributed by atoms with Crippen LogP contribution in [0.4, 0.5) is 32.0 Å². The molecule has 0 fully saturated rings. The number of hydrogen-bond donors (Lipinski definition) is 2. The van der Waals surface area contributed by atoms with Crippen molar-refractivity contribution in [2.24, 2.45) is 4.99 Å². The second-order valence-corrected chi connectivity index (χ2v) is 7.59. The molecule has 2 N–H and O–H groups in total. The Balaban J connectivity index is 2.45. The molecule has 0 bridgehead atoms. The molecule has 0 amide bonds. The average Bonchev–Trinajstić information content (AvgIpc) is 2.99. The van der Waals surface area contributed by atoms with Gasteiger partial charge in [0.2, 0.25) is 5.17 Å². The smallest absolute Gasteiger partial charge is 0.272 e. The standard InChI is InChI=1S/C11H9F6N3O3S2/c12-10(13,14)7-5-6(25(22,23)11(15,16)17)1-2-8(7)19-20(21)9-18-3-4-24-9/h1-2,5,19,21H,3-4H2. The highest BCUT2D eigenvalue weighted by Gasteiger charge is 2.48. The van der Waals surface area contributed by atoms with E-state index >= 15 is 0 Å². The molecule has 2 rings (SSSR count). The van der Waals surface area contributed by atoms with Crippen LogP contribution in [0.5, 0.6) is 0 Å². The summed E-state index contributed by atoms with van der Waals surface area (Å²) < 4.78 is 99.4. The van der Waals surface area contributed by atoms with Crippen molar-refractivity contribution in [2.45, 2.75) is 16.6 Å². The number of sulfone groups is 1. The summed E-state index contributed by atoms with van der Waals surface area (Å²) in [4.78, 5) is 2.22. The number of anilines is 1. The lowest BCUT2D eigenvalue weighted by molar-refractivity contribution is -0.137. The molecule has 1 aromatic rings. The number of thioether (sulfide) groups is 1. The number of rotatable bonds is 3. The summed E-state index contributed by atoms with van der Waals surface area (Å²) >= 11 is 1.03. The molecule has 1 heterocycles. The summed E-state index contributed by atoms with van der Waals surface area (Å²) in [6.45, 7) is 0.327. The van der Waals surface area contributed by atoms with E-state index in [1.807, 2.05) is 5.43 Å². The van der Waals surface area contributed by atoms with Gasteiger partial charge in [-0.2, -0.15) is 26.3 Å². The Morgan fingerprint density at radius 2 is 1.84 bits per heavy atom. The van der Waals surface area contributed by atoms with Crippen LogP contribution in [0.3, 0.4) is 0 Å². The van der Waals surface area contributed by atoms with E-state index in [1.54, 1.807) is 0 Å². The van der Waals surface area contributed by atoms with Gasteiger partial charge in [0.15, 0.2) is 0 Å². The Hall–Kier alpha value is -1.67. The molecule has 1 aromatic carbocycles. The number of hydrazine groups is 1. The van der Waals surface area contributed by atoms with Crippen molar-refractivity contribution < 1.29 is 40.0 Å². The van der Waals surface area contributed by atoms with Crippen molar-refractivity contribution in [3.63, 3.8) is 0 Å². The fourth-order valence-electron chi connectivity index (χ4n) is 1.77. The van der Waals surface area contributed by atoms with E-state index < -0.39 is 37.7 Å². The number of amidine groups is 1. The molecular weight excluding hydrogens is 400 g/mol. The van der Waals surface area contributed by atoms with Crippen LogP contribution in [-0.2, 0) is 16.0 Å². The maximum absolute atomic E-state index is 13.1. The van der Waals surface area contributed by atoms with Crippen molar-refractivity contribution in [3.8, 4) is 0 Å². The number of halogens is 6. The van der Waals surface area contributed by atoms with Gasteiger partial charge >= 0.3 is 11.7 Å². The number of benzene rings is 1. The normalized spacial score (nSPS) is 15.9. The van der Waals surface area contributed by atoms with Gasteiger partial charge in [0, 0.05) is 5.75 Å². The summed E-state index contributed by atoms with van der Waals surface area (Å²) in [6, 6.07) is 0.686. The Morgan fingerprint density at radius 3 is 2.32 bits per heavy atom. The van der Waals surface area contributed by atoms with Gasteiger partial charge in [0.1, 0.15) is 0 Å². The van der Waals surface area contributed by atoms with E-state index in [1.165, 1.54) is 0 Å². The Kier molecular flexibility index (Phi) is 5.16. The third kappa shape index (κ3) is 4.12. The van der Waals surface area contributed by atoms with Crippen LogP contribution >= 0.6 is 11.8 Å². The molecule has 0 radical (unpaired) electrons. The summed E-state index contributed by atoms with van der Waals surface area (Å²) in [5, 5.41) is 9.80. The third-order valence-electron chi connectivity index (χ3n) is 2.89. The monoisotopic (exact) mass is 409 g/mol. The highest BCUT2D eigenvalue weighted by atomic mass is 32.2. The second-order valence-electron chi connectivity index (χ2n) is 4.59. The van der Waals surface area contributed by atoms with Crippen LogP contribution in [0.1, 0.15) is 5.56 Å². The lowest BCUT2D eigenvalue weighted by Crippen LogP contribution is -2.31. The zero-order chi connectivity index (χ0) is 19.0.